The summed E-state index contributed by atoms with van der Waals surface area (Å²) in [4.78, 5) is 6.60. The Morgan fingerprint density at radius 3 is 2.72 bits per heavy atom. The summed E-state index contributed by atoms with van der Waals surface area (Å²) in [6, 6.07) is 4.48. The van der Waals surface area contributed by atoms with Crippen molar-refractivity contribution in [3.05, 3.63) is 24.0 Å². The van der Waals surface area contributed by atoms with Crippen LogP contribution < -0.4 is 4.90 Å². The largest absolute Gasteiger partial charge is 0.387 e. The first kappa shape index (κ1) is 13.3. The molecule has 0 unspecified atom stereocenters. The zero-order valence-electron chi connectivity index (χ0n) is 11.2. The Hall–Kier alpha value is -1.13. The van der Waals surface area contributed by atoms with Crippen LogP contribution >= 0.6 is 0 Å². The van der Waals surface area contributed by atoms with Crippen LogP contribution in [0.3, 0.4) is 0 Å². The molecule has 4 heteroatoms. The van der Waals surface area contributed by atoms with Gasteiger partial charge in [-0.05, 0) is 31.4 Å². The quantitative estimate of drug-likeness (QED) is 0.889. The summed E-state index contributed by atoms with van der Waals surface area (Å²) in [5.41, 5.74) is 1.86. The lowest BCUT2D eigenvalue weighted by Crippen LogP contribution is -2.36. The molecule has 1 aromatic heterocycles. The van der Waals surface area contributed by atoms with Crippen LogP contribution in [0.4, 0.5) is 5.69 Å². The van der Waals surface area contributed by atoms with Crippen LogP contribution in [0.15, 0.2) is 18.3 Å². The summed E-state index contributed by atoms with van der Waals surface area (Å²) in [5, 5.41) is 9.71. The Kier molecular flexibility index (Phi) is 4.55. The van der Waals surface area contributed by atoms with Crippen LogP contribution in [-0.4, -0.2) is 36.4 Å². The van der Waals surface area contributed by atoms with Crippen molar-refractivity contribution in [1.29, 1.82) is 0 Å². The Balaban J connectivity index is 2.03. The molecule has 4 nitrogen and oxygen atoms in total. The van der Waals surface area contributed by atoms with E-state index in [0.717, 1.165) is 37.4 Å². The van der Waals surface area contributed by atoms with E-state index >= 15 is 0 Å². The summed E-state index contributed by atoms with van der Waals surface area (Å²) in [6.45, 7) is 3.64. The second kappa shape index (κ2) is 6.16. The third-order valence-corrected chi connectivity index (χ3v) is 3.64. The predicted octanol–water partition coefficient (Wildman–Crippen LogP) is 2.14. The molecule has 18 heavy (non-hydrogen) atoms. The number of pyridine rings is 1. The Bertz CT molecular complexity index is 361. The fraction of sp³-hybridized carbons (Fsp3) is 0.643. The Morgan fingerprint density at radius 1 is 1.44 bits per heavy atom. The Labute approximate surface area is 109 Å². The van der Waals surface area contributed by atoms with Crippen molar-refractivity contribution < 1.29 is 9.84 Å². The highest BCUT2D eigenvalue weighted by Crippen LogP contribution is 2.22. The summed E-state index contributed by atoms with van der Waals surface area (Å²) in [6.07, 6.45) is 4.23. The van der Waals surface area contributed by atoms with E-state index in [0.29, 0.717) is 12.5 Å². The lowest BCUT2D eigenvalue weighted by molar-refractivity contribution is 0.0855. The molecule has 1 aliphatic rings. The minimum atomic E-state index is -0.451. The first-order chi connectivity index (χ1) is 8.72. The van der Waals surface area contributed by atoms with E-state index in [1.165, 1.54) is 0 Å². The molecule has 1 aromatic rings. The molecule has 1 fully saturated rings. The number of aliphatic hydroxyl groups excluding tert-OH is 1. The van der Waals surface area contributed by atoms with Crippen molar-refractivity contribution in [2.75, 3.05) is 25.2 Å². The summed E-state index contributed by atoms with van der Waals surface area (Å²) in [7, 11) is 2.10. The van der Waals surface area contributed by atoms with Gasteiger partial charge < -0.3 is 14.7 Å². The van der Waals surface area contributed by atoms with Gasteiger partial charge in [0.05, 0.1) is 23.7 Å². The highest BCUT2D eigenvalue weighted by molar-refractivity contribution is 5.45. The molecule has 0 radical (unpaired) electrons. The molecule has 0 saturated carbocycles. The number of anilines is 1. The number of aliphatic hydroxyl groups is 1. The van der Waals surface area contributed by atoms with Gasteiger partial charge in [-0.25, -0.2) is 0 Å². The van der Waals surface area contributed by atoms with Crippen LogP contribution in [0.25, 0.3) is 0 Å². The van der Waals surface area contributed by atoms with Gasteiger partial charge in [-0.15, -0.1) is 0 Å². The number of aromatic nitrogens is 1. The number of ether oxygens (including phenoxy) is 1. The third kappa shape index (κ3) is 3.00. The van der Waals surface area contributed by atoms with Crippen molar-refractivity contribution >= 4 is 5.69 Å². The van der Waals surface area contributed by atoms with Gasteiger partial charge in [-0.1, -0.05) is 6.92 Å². The molecule has 0 aliphatic carbocycles. The average molecular weight is 250 g/mol. The van der Waals surface area contributed by atoms with E-state index in [2.05, 4.69) is 16.9 Å². The molecular formula is C14H22N2O2. The van der Waals surface area contributed by atoms with Crippen LogP contribution in [0, 0.1) is 0 Å². The van der Waals surface area contributed by atoms with Gasteiger partial charge in [0, 0.05) is 26.3 Å². The minimum Gasteiger partial charge on any atom is -0.387 e. The van der Waals surface area contributed by atoms with Crippen LogP contribution in [0.2, 0.25) is 0 Å². The highest BCUT2D eigenvalue weighted by Gasteiger charge is 2.19. The fourth-order valence-corrected chi connectivity index (χ4v) is 2.30. The lowest BCUT2D eigenvalue weighted by Gasteiger charge is -2.32. The van der Waals surface area contributed by atoms with Crippen LogP contribution in [0.5, 0.6) is 0 Å². The van der Waals surface area contributed by atoms with Gasteiger partial charge in [0.15, 0.2) is 0 Å². The van der Waals surface area contributed by atoms with Gasteiger partial charge in [0.2, 0.25) is 0 Å². The summed E-state index contributed by atoms with van der Waals surface area (Å²) in [5.74, 6) is 0. The second-order valence-electron chi connectivity index (χ2n) is 4.82. The maximum absolute atomic E-state index is 9.71. The third-order valence-electron chi connectivity index (χ3n) is 3.64. The number of hydrogen-bond donors (Lipinski definition) is 1. The van der Waals surface area contributed by atoms with Crippen molar-refractivity contribution in [2.45, 2.75) is 38.3 Å². The minimum absolute atomic E-state index is 0.451. The number of hydrogen-bond acceptors (Lipinski definition) is 4. The molecule has 0 amide bonds. The second-order valence-corrected chi connectivity index (χ2v) is 4.82. The molecule has 2 rings (SSSR count). The smallest absolute Gasteiger partial charge is 0.0957 e. The Morgan fingerprint density at radius 2 is 2.17 bits per heavy atom. The zero-order valence-corrected chi connectivity index (χ0v) is 11.2. The van der Waals surface area contributed by atoms with E-state index in [1.54, 1.807) is 0 Å². The van der Waals surface area contributed by atoms with Crippen molar-refractivity contribution in [2.24, 2.45) is 0 Å². The summed E-state index contributed by atoms with van der Waals surface area (Å²) >= 11 is 0. The first-order valence-electron chi connectivity index (χ1n) is 6.67. The first-order valence-corrected chi connectivity index (χ1v) is 6.67. The van der Waals surface area contributed by atoms with E-state index in [4.69, 9.17) is 4.74 Å². The van der Waals surface area contributed by atoms with Crippen molar-refractivity contribution in [3.8, 4) is 0 Å². The van der Waals surface area contributed by atoms with Gasteiger partial charge in [0.25, 0.3) is 0 Å². The van der Waals surface area contributed by atoms with Crippen LogP contribution in [0.1, 0.15) is 38.0 Å². The number of nitrogens with zero attached hydrogens (tertiary/aromatic N) is 2. The van der Waals surface area contributed by atoms with Crippen molar-refractivity contribution in [3.63, 3.8) is 0 Å². The number of rotatable bonds is 4. The molecule has 1 atom stereocenters. The summed E-state index contributed by atoms with van der Waals surface area (Å²) < 4.78 is 5.38. The fourth-order valence-electron chi connectivity index (χ4n) is 2.30. The van der Waals surface area contributed by atoms with E-state index in [-0.39, 0.29) is 0 Å². The molecule has 1 aliphatic heterocycles. The van der Waals surface area contributed by atoms with E-state index < -0.39 is 6.10 Å². The molecule has 100 valence electrons. The molecule has 1 N–H and O–H groups in total. The van der Waals surface area contributed by atoms with E-state index in [9.17, 15) is 5.11 Å². The maximum Gasteiger partial charge on any atom is 0.0957 e. The molecular weight excluding hydrogens is 228 g/mol. The standard InChI is InChI=1S/C14H22N2O2/c1-3-14(17)13-5-4-12(10-15-13)16(2)11-6-8-18-9-7-11/h4-5,10-11,14,17H,3,6-9H2,1-2H3/t14-/m1/s1. The van der Waals surface area contributed by atoms with Gasteiger partial charge in [0.1, 0.15) is 0 Å². The van der Waals surface area contributed by atoms with Crippen molar-refractivity contribution in [1.82, 2.24) is 4.98 Å². The van der Waals surface area contributed by atoms with E-state index in [1.807, 2.05) is 25.3 Å². The average Bonchev–Trinajstić information content (AvgIpc) is 2.47. The molecule has 0 spiro atoms. The van der Waals surface area contributed by atoms with Gasteiger partial charge >= 0.3 is 0 Å². The zero-order chi connectivity index (χ0) is 13.0. The topological polar surface area (TPSA) is 45.6 Å². The normalized spacial score (nSPS) is 18.6. The SMILES string of the molecule is CC[C@@H](O)c1ccc(N(C)C2CCOCC2)cn1. The highest BCUT2D eigenvalue weighted by atomic mass is 16.5. The maximum atomic E-state index is 9.71. The van der Waals surface area contributed by atoms with Gasteiger partial charge in [-0.3, -0.25) is 4.98 Å². The molecule has 1 saturated heterocycles. The molecule has 0 aromatic carbocycles. The van der Waals surface area contributed by atoms with Gasteiger partial charge in [-0.2, -0.15) is 0 Å². The predicted molar refractivity (Wildman–Crippen MR) is 71.7 cm³/mol. The van der Waals surface area contributed by atoms with Crippen LogP contribution in [-0.2, 0) is 4.74 Å². The molecule has 2 heterocycles. The lowest BCUT2D eigenvalue weighted by atomic mass is 10.1. The molecule has 0 bridgehead atoms. The monoisotopic (exact) mass is 250 g/mol.